The molecule has 2 heterocycles. The second-order valence-electron chi connectivity index (χ2n) is 8.53. The Morgan fingerprint density at radius 2 is 2.17 bits per heavy atom. The molecule has 4 aliphatic rings. The topological polar surface area (TPSA) is 43.8 Å². The second kappa shape index (κ2) is 4.98. The highest BCUT2D eigenvalue weighted by Crippen LogP contribution is 2.54. The van der Waals surface area contributed by atoms with Crippen molar-refractivity contribution in [3.05, 3.63) is 29.3 Å². The van der Waals surface area contributed by atoms with E-state index in [4.69, 9.17) is 0 Å². The van der Waals surface area contributed by atoms with Gasteiger partial charge in [-0.05, 0) is 68.5 Å². The summed E-state index contributed by atoms with van der Waals surface area (Å²) >= 11 is 0. The number of aromatic hydroxyl groups is 1. The van der Waals surface area contributed by atoms with Crippen molar-refractivity contribution >= 4 is 5.91 Å². The molecule has 2 aliphatic carbocycles. The average Bonchev–Trinajstić information content (AvgIpc) is 3.36. The van der Waals surface area contributed by atoms with Gasteiger partial charge in [0.25, 0.3) is 0 Å². The first-order chi connectivity index (χ1) is 11.6. The van der Waals surface area contributed by atoms with Gasteiger partial charge in [-0.3, -0.25) is 4.79 Å². The van der Waals surface area contributed by atoms with Crippen LogP contribution in [0.5, 0.6) is 5.75 Å². The molecule has 2 aliphatic heterocycles. The Morgan fingerprint density at radius 3 is 2.96 bits per heavy atom. The minimum Gasteiger partial charge on any atom is -0.508 e. The third kappa shape index (κ3) is 2.05. The lowest BCUT2D eigenvalue weighted by molar-refractivity contribution is -0.143. The second-order valence-corrected chi connectivity index (χ2v) is 8.53. The summed E-state index contributed by atoms with van der Waals surface area (Å²) in [6.07, 6.45) is 5.29. The third-order valence-corrected chi connectivity index (χ3v) is 7.12. The lowest BCUT2D eigenvalue weighted by Crippen LogP contribution is -2.66. The molecule has 24 heavy (non-hydrogen) atoms. The fourth-order valence-corrected chi connectivity index (χ4v) is 5.59. The van der Waals surface area contributed by atoms with Crippen LogP contribution < -0.4 is 0 Å². The molecule has 0 aromatic heterocycles. The van der Waals surface area contributed by atoms with Crippen LogP contribution >= 0.6 is 0 Å². The summed E-state index contributed by atoms with van der Waals surface area (Å²) in [5, 5.41) is 10.1. The molecule has 128 valence electrons. The van der Waals surface area contributed by atoms with Gasteiger partial charge in [0.1, 0.15) is 5.75 Å². The van der Waals surface area contributed by atoms with Gasteiger partial charge in [0.05, 0.1) is 0 Å². The summed E-state index contributed by atoms with van der Waals surface area (Å²) < 4.78 is 0. The minimum atomic E-state index is -0.0549. The van der Waals surface area contributed by atoms with Crippen LogP contribution in [0, 0.1) is 11.8 Å². The largest absolute Gasteiger partial charge is 0.508 e. The van der Waals surface area contributed by atoms with Gasteiger partial charge in [0, 0.05) is 36.9 Å². The number of hydrogen-bond donors (Lipinski definition) is 1. The number of rotatable bonds is 2. The summed E-state index contributed by atoms with van der Waals surface area (Å²) in [5.74, 6) is 1.92. The van der Waals surface area contributed by atoms with Gasteiger partial charge < -0.3 is 14.9 Å². The summed E-state index contributed by atoms with van der Waals surface area (Å²) in [6, 6.07) is 6.35. The smallest absolute Gasteiger partial charge is 0.223 e. The molecule has 2 bridgehead atoms. The van der Waals surface area contributed by atoms with Crippen LogP contribution in [0.4, 0.5) is 0 Å². The monoisotopic (exact) mass is 326 g/mol. The number of carbonyl (C=O) groups is 1. The highest BCUT2D eigenvalue weighted by atomic mass is 16.3. The maximum absolute atomic E-state index is 12.9. The van der Waals surface area contributed by atoms with E-state index in [0.717, 1.165) is 38.4 Å². The number of amides is 1. The molecule has 1 amide bonds. The molecule has 1 aromatic rings. The van der Waals surface area contributed by atoms with Crippen molar-refractivity contribution in [3.63, 3.8) is 0 Å². The quantitative estimate of drug-likeness (QED) is 0.906. The van der Waals surface area contributed by atoms with Gasteiger partial charge in [-0.2, -0.15) is 0 Å². The van der Waals surface area contributed by atoms with Crippen molar-refractivity contribution in [2.75, 3.05) is 26.7 Å². The van der Waals surface area contributed by atoms with E-state index in [0.29, 0.717) is 30.0 Å². The highest BCUT2D eigenvalue weighted by molar-refractivity contribution is 5.80. The van der Waals surface area contributed by atoms with Crippen LogP contribution in [0.2, 0.25) is 0 Å². The van der Waals surface area contributed by atoms with Crippen molar-refractivity contribution in [1.29, 1.82) is 0 Å². The number of phenolic OH excluding ortho intramolecular Hbond substituents is 1. The van der Waals surface area contributed by atoms with E-state index in [1.165, 1.54) is 24.0 Å². The molecule has 3 fully saturated rings. The summed E-state index contributed by atoms with van der Waals surface area (Å²) in [4.78, 5) is 17.6. The zero-order chi connectivity index (χ0) is 16.5. The molecule has 4 heteroatoms. The molecule has 3 atom stereocenters. The molecule has 5 rings (SSSR count). The summed E-state index contributed by atoms with van der Waals surface area (Å²) in [6.45, 7) is 2.92. The van der Waals surface area contributed by atoms with Gasteiger partial charge in [0.2, 0.25) is 5.91 Å². The maximum atomic E-state index is 12.9. The summed E-state index contributed by atoms with van der Waals surface area (Å²) in [7, 11) is 2.24. The van der Waals surface area contributed by atoms with Crippen molar-refractivity contribution < 1.29 is 9.90 Å². The van der Waals surface area contributed by atoms with E-state index in [1.54, 1.807) is 6.07 Å². The first kappa shape index (κ1) is 14.8. The van der Waals surface area contributed by atoms with Gasteiger partial charge >= 0.3 is 0 Å². The number of phenols is 1. The lowest BCUT2D eigenvalue weighted by Gasteiger charge is -2.59. The Morgan fingerprint density at radius 1 is 1.33 bits per heavy atom. The average molecular weight is 326 g/mol. The van der Waals surface area contributed by atoms with Gasteiger partial charge in [-0.1, -0.05) is 6.07 Å². The number of likely N-dealkylation sites (tertiary alicyclic amines) is 2. The predicted octanol–water partition coefficient (Wildman–Crippen LogP) is 2.15. The minimum absolute atomic E-state index is 0.0549. The molecule has 1 unspecified atom stereocenters. The molecule has 1 aromatic carbocycles. The van der Waals surface area contributed by atoms with E-state index >= 15 is 0 Å². The van der Waals surface area contributed by atoms with Crippen LogP contribution in [0.15, 0.2) is 18.2 Å². The van der Waals surface area contributed by atoms with Crippen molar-refractivity contribution in [2.45, 2.75) is 43.6 Å². The molecule has 1 saturated carbocycles. The predicted molar refractivity (Wildman–Crippen MR) is 91.9 cm³/mol. The van der Waals surface area contributed by atoms with Gasteiger partial charge in [-0.25, -0.2) is 0 Å². The zero-order valence-electron chi connectivity index (χ0n) is 14.4. The molecule has 4 nitrogen and oxygen atoms in total. The number of likely N-dealkylation sites (N-methyl/N-ethyl adjacent to an activating group) is 1. The molecule has 0 spiro atoms. The number of carbonyl (C=O) groups excluding carboxylic acids is 1. The third-order valence-electron chi connectivity index (χ3n) is 7.12. The lowest BCUT2D eigenvalue weighted by atomic mass is 9.54. The van der Waals surface area contributed by atoms with Crippen LogP contribution in [-0.4, -0.2) is 53.5 Å². The first-order valence-corrected chi connectivity index (χ1v) is 9.37. The Bertz CT molecular complexity index is 699. The number of benzene rings is 1. The van der Waals surface area contributed by atoms with E-state index < -0.39 is 0 Å². The molecular weight excluding hydrogens is 300 g/mol. The SMILES string of the molecule is CN1CCC23CC(=O)N(CC4CC4)C[C@H]2[C@H]1Cc1ccc(O)cc13. The standard InChI is InChI=1S/C20H26N2O2/c1-21-7-6-20-10-19(24)22(11-13-2-3-13)12-17(20)18(21)8-14-4-5-15(23)9-16(14)20/h4-5,9,13,17-18,23H,2-3,6-8,10-12H2,1H3/t17-,18+,20?/m0/s1. The van der Waals surface area contributed by atoms with Crippen LogP contribution in [0.25, 0.3) is 0 Å². The maximum Gasteiger partial charge on any atom is 0.223 e. The van der Waals surface area contributed by atoms with E-state index in [1.807, 2.05) is 6.07 Å². The number of hydrogen-bond acceptors (Lipinski definition) is 3. The van der Waals surface area contributed by atoms with E-state index in [2.05, 4.69) is 22.9 Å². The number of piperidine rings is 2. The molecule has 1 N–H and O–H groups in total. The van der Waals surface area contributed by atoms with Gasteiger partial charge in [-0.15, -0.1) is 0 Å². The summed E-state index contributed by atoms with van der Waals surface area (Å²) in [5.41, 5.74) is 2.54. The highest BCUT2D eigenvalue weighted by Gasteiger charge is 2.56. The van der Waals surface area contributed by atoms with Crippen LogP contribution in [0.1, 0.15) is 36.8 Å². The Hall–Kier alpha value is -1.55. The fourth-order valence-electron chi connectivity index (χ4n) is 5.59. The Kier molecular flexibility index (Phi) is 3.06. The van der Waals surface area contributed by atoms with Crippen LogP contribution in [-0.2, 0) is 16.6 Å². The Labute approximate surface area is 143 Å². The number of nitrogens with zero attached hydrogens (tertiary/aromatic N) is 2. The fraction of sp³-hybridized carbons (Fsp3) is 0.650. The van der Waals surface area contributed by atoms with Crippen molar-refractivity contribution in [3.8, 4) is 5.75 Å². The van der Waals surface area contributed by atoms with Gasteiger partial charge in [0.15, 0.2) is 0 Å². The van der Waals surface area contributed by atoms with Crippen molar-refractivity contribution in [1.82, 2.24) is 9.80 Å². The zero-order valence-corrected chi connectivity index (χ0v) is 14.4. The normalized spacial score (nSPS) is 35.5. The van der Waals surface area contributed by atoms with Crippen LogP contribution in [0.3, 0.4) is 0 Å². The molecule has 2 saturated heterocycles. The van der Waals surface area contributed by atoms with Crippen molar-refractivity contribution in [2.24, 2.45) is 11.8 Å². The molecular formula is C20H26N2O2. The Balaban J connectivity index is 1.58. The number of fused-ring (bicyclic) bond motifs is 1. The molecule has 0 radical (unpaired) electrons. The van der Waals surface area contributed by atoms with E-state index in [9.17, 15) is 9.90 Å². The first-order valence-electron chi connectivity index (χ1n) is 9.37. The van der Waals surface area contributed by atoms with E-state index in [-0.39, 0.29) is 5.41 Å².